The van der Waals surface area contributed by atoms with Crippen LogP contribution in [0.4, 0.5) is 0 Å². The minimum absolute atomic E-state index is 0.0702. The van der Waals surface area contributed by atoms with Gasteiger partial charge in [-0.3, -0.25) is 15.0 Å². The molecule has 1 aromatic carbocycles. The molecule has 0 aromatic heterocycles. The summed E-state index contributed by atoms with van der Waals surface area (Å²) in [5.41, 5.74) is 4.59. The van der Waals surface area contributed by atoms with Crippen molar-refractivity contribution in [2.45, 2.75) is 33.7 Å². The second-order valence-electron chi connectivity index (χ2n) is 8.85. The van der Waals surface area contributed by atoms with E-state index in [2.05, 4.69) is 16.0 Å². The van der Waals surface area contributed by atoms with Crippen LogP contribution >= 0.6 is 0 Å². The van der Waals surface area contributed by atoms with Crippen LogP contribution in [0.2, 0.25) is 0 Å². The molecule has 1 aromatic rings. The summed E-state index contributed by atoms with van der Waals surface area (Å²) in [7, 11) is 0. The maximum atomic E-state index is 12.5. The Balaban J connectivity index is 1.92. The molecule has 8 N–H and O–H groups in total. The molecule has 11 heteroatoms. The molecular weight excluding hydrogens is 418 g/mol. The average Bonchev–Trinajstić information content (AvgIpc) is 3.10. The molecule has 32 heavy (non-hydrogen) atoms. The quantitative estimate of drug-likeness (QED) is 0.150. The summed E-state index contributed by atoms with van der Waals surface area (Å²) in [6.45, 7) is 7.92. The molecule has 0 aliphatic heterocycles. The number of carboxylic acids is 1. The van der Waals surface area contributed by atoms with Crippen molar-refractivity contribution < 1.29 is 29.3 Å². The van der Waals surface area contributed by atoms with Crippen LogP contribution in [0.3, 0.4) is 0 Å². The van der Waals surface area contributed by atoms with E-state index in [0.29, 0.717) is 5.75 Å². The lowest BCUT2D eigenvalue weighted by atomic mass is 10.0. The van der Waals surface area contributed by atoms with E-state index in [1.54, 1.807) is 0 Å². The number of phenols is 1. The second-order valence-corrected chi connectivity index (χ2v) is 8.85. The highest BCUT2D eigenvalue weighted by molar-refractivity contribution is 5.97. The van der Waals surface area contributed by atoms with Crippen molar-refractivity contribution in [1.29, 1.82) is 5.41 Å². The molecule has 11 nitrogen and oxygen atoms in total. The highest BCUT2D eigenvalue weighted by Crippen LogP contribution is 2.68. The molecule has 1 aliphatic carbocycles. The Morgan fingerprint density at radius 1 is 1.19 bits per heavy atom. The Bertz CT molecular complexity index is 900. The van der Waals surface area contributed by atoms with E-state index >= 15 is 0 Å². The number of carbonyl (C=O) groups is 3. The van der Waals surface area contributed by atoms with Crippen molar-refractivity contribution in [2.75, 3.05) is 19.7 Å². The number of hydrogen-bond donors (Lipinski definition) is 7. The number of ether oxygens (including phenoxy) is 1. The number of carboxylic acid groups (broad SMARTS) is 1. The Labute approximate surface area is 186 Å². The van der Waals surface area contributed by atoms with E-state index in [1.807, 2.05) is 27.7 Å². The first-order valence-electron chi connectivity index (χ1n) is 10.1. The van der Waals surface area contributed by atoms with Gasteiger partial charge in [-0.1, -0.05) is 27.7 Å². The van der Waals surface area contributed by atoms with Gasteiger partial charge in [0.2, 0.25) is 5.91 Å². The lowest BCUT2D eigenvalue weighted by molar-refractivity contribution is -0.142. The zero-order chi connectivity index (χ0) is 24.3. The summed E-state index contributed by atoms with van der Waals surface area (Å²) in [6.07, 6.45) is 0. The number of nitrogens with one attached hydrogen (secondary N) is 4. The molecule has 1 atom stereocenters. The number of hydrogen-bond acceptors (Lipinski definition) is 6. The van der Waals surface area contributed by atoms with Gasteiger partial charge < -0.3 is 36.6 Å². The lowest BCUT2D eigenvalue weighted by Gasteiger charge is -2.16. The Hall–Kier alpha value is -3.50. The van der Waals surface area contributed by atoms with Crippen molar-refractivity contribution >= 4 is 23.7 Å². The second kappa shape index (κ2) is 9.33. The topological polar surface area (TPSA) is 187 Å². The fraction of sp³-hybridized carbons (Fsp3) is 0.524. The number of rotatable bonds is 10. The third-order valence-electron chi connectivity index (χ3n) is 6.26. The van der Waals surface area contributed by atoms with Gasteiger partial charge in [0, 0.05) is 18.5 Å². The molecule has 2 amide bonds. The predicted molar refractivity (Wildman–Crippen MR) is 116 cm³/mol. The summed E-state index contributed by atoms with van der Waals surface area (Å²) in [5, 5.41) is 34.1. The van der Waals surface area contributed by atoms with E-state index in [4.69, 9.17) is 15.9 Å². The van der Waals surface area contributed by atoms with Crippen LogP contribution in [0.25, 0.3) is 0 Å². The zero-order valence-electron chi connectivity index (χ0n) is 18.6. The Kier molecular flexibility index (Phi) is 7.22. The minimum atomic E-state index is -1.31. The summed E-state index contributed by atoms with van der Waals surface area (Å²) >= 11 is 0. The van der Waals surface area contributed by atoms with Gasteiger partial charge in [0.25, 0.3) is 5.91 Å². The standard InChI is InChI=1S/C21H31N5O6/c1-20(2)15(21(20,3)4)17(29)26-13(18(30)31)10-25-16(28)12-6-5-11(9-14(12)27)32-8-7-24-19(22)23/h5-6,9,13,15,27H,7-8,10H2,1-4H3,(H,25,28)(H,26,29)(H,30,31)(H4,22,23,24)/t13-/m0/s1. The summed E-state index contributed by atoms with van der Waals surface area (Å²) in [5.74, 6) is -2.91. The van der Waals surface area contributed by atoms with Gasteiger partial charge in [0.05, 0.1) is 12.1 Å². The normalized spacial score (nSPS) is 17.0. The third-order valence-corrected chi connectivity index (χ3v) is 6.26. The van der Waals surface area contributed by atoms with E-state index < -0.39 is 17.9 Å². The van der Waals surface area contributed by atoms with Gasteiger partial charge in [-0.2, -0.15) is 0 Å². The maximum Gasteiger partial charge on any atom is 0.328 e. The first-order chi connectivity index (χ1) is 14.8. The maximum absolute atomic E-state index is 12.5. The molecule has 0 bridgehead atoms. The van der Waals surface area contributed by atoms with E-state index in [-0.39, 0.29) is 59.6 Å². The number of phenolic OH excluding ortho intramolecular Hbond substituents is 1. The number of aromatic hydroxyl groups is 1. The molecule has 1 saturated carbocycles. The molecule has 0 unspecified atom stereocenters. The van der Waals surface area contributed by atoms with Gasteiger partial charge in [0.1, 0.15) is 24.1 Å². The van der Waals surface area contributed by atoms with E-state index in [0.717, 1.165) is 0 Å². The van der Waals surface area contributed by atoms with Crippen LogP contribution in [-0.4, -0.2) is 59.7 Å². The summed E-state index contributed by atoms with van der Waals surface area (Å²) in [4.78, 5) is 36.5. The van der Waals surface area contributed by atoms with Crippen molar-refractivity contribution in [3.05, 3.63) is 23.8 Å². The average molecular weight is 450 g/mol. The molecule has 0 saturated heterocycles. The number of amides is 2. The minimum Gasteiger partial charge on any atom is -0.507 e. The molecule has 1 aliphatic rings. The SMILES string of the molecule is CC1(C)C(C(=O)N[C@@H](CNC(=O)c2ccc(OCCNC(=N)N)cc2O)C(=O)O)C1(C)C. The summed E-state index contributed by atoms with van der Waals surface area (Å²) in [6, 6.07) is 2.74. The fourth-order valence-electron chi connectivity index (χ4n) is 3.74. The van der Waals surface area contributed by atoms with Crippen LogP contribution in [0.15, 0.2) is 18.2 Å². The van der Waals surface area contributed by atoms with Crippen LogP contribution in [0.5, 0.6) is 11.5 Å². The van der Waals surface area contributed by atoms with Crippen LogP contribution in [-0.2, 0) is 9.59 Å². The van der Waals surface area contributed by atoms with Crippen molar-refractivity contribution in [1.82, 2.24) is 16.0 Å². The largest absolute Gasteiger partial charge is 0.507 e. The van der Waals surface area contributed by atoms with Crippen molar-refractivity contribution in [3.8, 4) is 11.5 Å². The molecule has 176 valence electrons. The molecule has 0 spiro atoms. The van der Waals surface area contributed by atoms with Gasteiger partial charge >= 0.3 is 5.97 Å². The fourth-order valence-corrected chi connectivity index (χ4v) is 3.74. The predicted octanol–water partition coefficient (Wildman–Crippen LogP) is 0.235. The molecule has 0 heterocycles. The van der Waals surface area contributed by atoms with Crippen LogP contribution in [0.1, 0.15) is 38.1 Å². The van der Waals surface area contributed by atoms with Gasteiger partial charge in [-0.25, -0.2) is 4.79 Å². The number of benzene rings is 1. The third kappa shape index (κ3) is 5.40. The highest BCUT2D eigenvalue weighted by atomic mass is 16.5. The number of aliphatic carboxylic acids is 1. The smallest absolute Gasteiger partial charge is 0.328 e. The Morgan fingerprint density at radius 3 is 2.31 bits per heavy atom. The first kappa shape index (κ1) is 24.8. The van der Waals surface area contributed by atoms with Crippen molar-refractivity contribution in [3.63, 3.8) is 0 Å². The van der Waals surface area contributed by atoms with E-state index in [1.165, 1.54) is 18.2 Å². The first-order valence-corrected chi connectivity index (χ1v) is 10.1. The highest BCUT2D eigenvalue weighted by Gasteiger charge is 2.68. The molecule has 0 radical (unpaired) electrons. The van der Waals surface area contributed by atoms with Crippen LogP contribution < -0.4 is 26.4 Å². The zero-order valence-corrected chi connectivity index (χ0v) is 18.6. The lowest BCUT2D eigenvalue weighted by Crippen LogP contribution is -2.49. The van der Waals surface area contributed by atoms with Gasteiger partial charge in [-0.05, 0) is 23.0 Å². The van der Waals surface area contributed by atoms with Crippen molar-refractivity contribution in [2.24, 2.45) is 22.5 Å². The number of nitrogens with two attached hydrogens (primary N) is 1. The molecule has 1 fully saturated rings. The van der Waals surface area contributed by atoms with Gasteiger partial charge in [-0.15, -0.1) is 0 Å². The monoisotopic (exact) mass is 449 g/mol. The number of carbonyl (C=O) groups excluding carboxylic acids is 2. The van der Waals surface area contributed by atoms with E-state index in [9.17, 15) is 24.6 Å². The summed E-state index contributed by atoms with van der Waals surface area (Å²) < 4.78 is 5.38. The van der Waals surface area contributed by atoms with Gasteiger partial charge in [0.15, 0.2) is 5.96 Å². The Morgan fingerprint density at radius 2 is 1.81 bits per heavy atom. The van der Waals surface area contributed by atoms with Crippen LogP contribution in [0, 0.1) is 22.2 Å². The molecule has 2 rings (SSSR count). The number of guanidine groups is 1. The molecular formula is C21H31N5O6.